The van der Waals surface area contributed by atoms with Crippen LogP contribution in [0.4, 0.5) is 0 Å². The van der Waals surface area contributed by atoms with Crippen LogP contribution < -0.4 is 10.6 Å². The van der Waals surface area contributed by atoms with Crippen molar-refractivity contribution in [2.45, 2.75) is 32.6 Å². The summed E-state index contributed by atoms with van der Waals surface area (Å²) < 4.78 is 0. The standard InChI is InChI=1S/C17H30N4S/c1-14-6-4-9-21(13-14)10-8-19-17(18-3)20-12-15(2)16-7-5-11-22-16/h5,7,11,14-15H,4,6,8-10,12-13H2,1-3H3,(H2,18,19,20). The minimum atomic E-state index is 0.515. The van der Waals surface area contributed by atoms with Gasteiger partial charge >= 0.3 is 0 Å². The third-order valence-corrected chi connectivity index (χ3v) is 5.39. The first-order valence-corrected chi connectivity index (χ1v) is 9.27. The maximum absolute atomic E-state index is 4.32. The molecule has 4 nitrogen and oxygen atoms in total. The van der Waals surface area contributed by atoms with Gasteiger partial charge in [0.2, 0.25) is 0 Å². The van der Waals surface area contributed by atoms with Crippen molar-refractivity contribution < 1.29 is 0 Å². The molecule has 1 fully saturated rings. The molecular weight excluding hydrogens is 292 g/mol. The van der Waals surface area contributed by atoms with Crippen LogP contribution in [0.15, 0.2) is 22.5 Å². The molecule has 2 heterocycles. The monoisotopic (exact) mass is 322 g/mol. The molecule has 1 aliphatic rings. The van der Waals surface area contributed by atoms with Crippen LogP contribution in [0.5, 0.6) is 0 Å². The largest absolute Gasteiger partial charge is 0.356 e. The van der Waals surface area contributed by atoms with Gasteiger partial charge in [0.05, 0.1) is 0 Å². The predicted molar refractivity (Wildman–Crippen MR) is 96.9 cm³/mol. The summed E-state index contributed by atoms with van der Waals surface area (Å²) in [5.74, 6) is 2.27. The number of nitrogens with zero attached hydrogens (tertiary/aromatic N) is 2. The van der Waals surface area contributed by atoms with Crippen LogP contribution >= 0.6 is 11.3 Å². The highest BCUT2D eigenvalue weighted by molar-refractivity contribution is 7.10. The summed E-state index contributed by atoms with van der Waals surface area (Å²) in [7, 11) is 1.84. The molecule has 0 amide bonds. The van der Waals surface area contributed by atoms with Gasteiger partial charge in [-0.05, 0) is 36.8 Å². The van der Waals surface area contributed by atoms with Gasteiger partial charge in [0.15, 0.2) is 5.96 Å². The number of piperidine rings is 1. The number of hydrogen-bond donors (Lipinski definition) is 2. The zero-order valence-electron chi connectivity index (χ0n) is 14.1. The Labute approximate surface area is 139 Å². The van der Waals surface area contributed by atoms with Crippen LogP contribution in [-0.2, 0) is 0 Å². The van der Waals surface area contributed by atoms with Gasteiger partial charge in [-0.15, -0.1) is 11.3 Å². The number of nitrogens with one attached hydrogen (secondary N) is 2. The number of likely N-dealkylation sites (tertiary alicyclic amines) is 1. The van der Waals surface area contributed by atoms with E-state index < -0.39 is 0 Å². The van der Waals surface area contributed by atoms with Crippen LogP contribution in [0.1, 0.15) is 37.5 Å². The van der Waals surface area contributed by atoms with Crippen molar-refractivity contribution in [2.75, 3.05) is 39.8 Å². The Kier molecular flexibility index (Phi) is 7.19. The Morgan fingerprint density at radius 3 is 3.05 bits per heavy atom. The maximum Gasteiger partial charge on any atom is 0.191 e. The van der Waals surface area contributed by atoms with E-state index in [1.54, 1.807) is 0 Å². The first-order chi connectivity index (χ1) is 10.7. The Hall–Kier alpha value is -1.07. The molecule has 1 aromatic heterocycles. The number of thiophene rings is 1. The topological polar surface area (TPSA) is 39.7 Å². The van der Waals surface area contributed by atoms with Gasteiger partial charge in [0, 0.05) is 44.0 Å². The Morgan fingerprint density at radius 1 is 1.50 bits per heavy atom. The normalized spacial score (nSPS) is 21.6. The molecule has 0 aliphatic carbocycles. The molecule has 0 radical (unpaired) electrons. The quantitative estimate of drug-likeness (QED) is 0.625. The summed E-state index contributed by atoms with van der Waals surface area (Å²) >= 11 is 1.82. The van der Waals surface area contributed by atoms with Gasteiger partial charge in [-0.25, -0.2) is 0 Å². The molecule has 0 aromatic carbocycles. The fourth-order valence-corrected chi connectivity index (χ4v) is 3.75. The summed E-state index contributed by atoms with van der Waals surface area (Å²) in [6.45, 7) is 10.1. The van der Waals surface area contributed by atoms with Crippen molar-refractivity contribution in [2.24, 2.45) is 10.9 Å². The van der Waals surface area contributed by atoms with Gasteiger partial charge in [-0.1, -0.05) is 19.9 Å². The molecule has 2 N–H and O–H groups in total. The van der Waals surface area contributed by atoms with Gasteiger partial charge in [0.25, 0.3) is 0 Å². The third-order valence-electron chi connectivity index (χ3n) is 4.29. The van der Waals surface area contributed by atoms with E-state index in [0.29, 0.717) is 5.92 Å². The lowest BCUT2D eigenvalue weighted by atomic mass is 10.0. The minimum Gasteiger partial charge on any atom is -0.356 e. The molecule has 2 rings (SSSR count). The second-order valence-corrected chi connectivity index (χ2v) is 7.32. The predicted octanol–water partition coefficient (Wildman–Crippen LogP) is 2.75. The highest BCUT2D eigenvalue weighted by Gasteiger charge is 2.15. The average Bonchev–Trinajstić information content (AvgIpc) is 3.05. The highest BCUT2D eigenvalue weighted by atomic mass is 32.1. The fourth-order valence-electron chi connectivity index (χ4n) is 2.96. The lowest BCUT2D eigenvalue weighted by Crippen LogP contribution is -2.44. The summed E-state index contributed by atoms with van der Waals surface area (Å²) in [6.07, 6.45) is 2.72. The number of guanidine groups is 1. The Morgan fingerprint density at radius 2 is 2.36 bits per heavy atom. The van der Waals surface area contributed by atoms with Gasteiger partial charge in [0.1, 0.15) is 0 Å². The Bertz CT molecular complexity index is 444. The molecule has 0 saturated carbocycles. The van der Waals surface area contributed by atoms with E-state index in [2.05, 4.69) is 51.9 Å². The zero-order valence-corrected chi connectivity index (χ0v) is 15.0. The van der Waals surface area contributed by atoms with Crippen molar-refractivity contribution in [3.05, 3.63) is 22.4 Å². The summed E-state index contributed by atoms with van der Waals surface area (Å²) in [4.78, 5) is 8.30. The van der Waals surface area contributed by atoms with Crippen molar-refractivity contribution in [1.82, 2.24) is 15.5 Å². The molecule has 1 aromatic rings. The molecule has 2 unspecified atom stereocenters. The second kappa shape index (κ2) is 9.16. The highest BCUT2D eigenvalue weighted by Crippen LogP contribution is 2.19. The lowest BCUT2D eigenvalue weighted by Gasteiger charge is -2.30. The molecule has 0 spiro atoms. The van der Waals surface area contributed by atoms with E-state index in [1.165, 1.54) is 30.8 Å². The first kappa shape index (κ1) is 17.3. The van der Waals surface area contributed by atoms with Crippen molar-refractivity contribution >= 4 is 17.3 Å². The molecular formula is C17H30N4S. The molecule has 1 saturated heterocycles. The molecule has 2 atom stereocenters. The van der Waals surface area contributed by atoms with Crippen LogP contribution in [0.3, 0.4) is 0 Å². The molecule has 5 heteroatoms. The summed E-state index contributed by atoms with van der Waals surface area (Å²) in [5, 5.41) is 9.00. The van der Waals surface area contributed by atoms with Gasteiger partial charge in [-0.2, -0.15) is 0 Å². The van der Waals surface area contributed by atoms with Crippen LogP contribution in [-0.4, -0.2) is 50.6 Å². The van der Waals surface area contributed by atoms with E-state index in [9.17, 15) is 0 Å². The van der Waals surface area contributed by atoms with E-state index in [-0.39, 0.29) is 0 Å². The summed E-state index contributed by atoms with van der Waals surface area (Å²) in [6, 6.07) is 4.31. The van der Waals surface area contributed by atoms with Crippen LogP contribution in [0.25, 0.3) is 0 Å². The number of aliphatic imine (C=N–C) groups is 1. The average molecular weight is 323 g/mol. The summed E-state index contributed by atoms with van der Waals surface area (Å²) in [5.41, 5.74) is 0. The van der Waals surface area contributed by atoms with Crippen molar-refractivity contribution in [3.63, 3.8) is 0 Å². The smallest absolute Gasteiger partial charge is 0.191 e. The number of hydrogen-bond acceptors (Lipinski definition) is 3. The van der Waals surface area contributed by atoms with E-state index in [1.807, 2.05) is 18.4 Å². The van der Waals surface area contributed by atoms with Gasteiger partial charge < -0.3 is 15.5 Å². The third kappa shape index (κ3) is 5.61. The lowest BCUT2D eigenvalue weighted by molar-refractivity contribution is 0.187. The minimum absolute atomic E-state index is 0.515. The van der Waals surface area contributed by atoms with E-state index >= 15 is 0 Å². The zero-order chi connectivity index (χ0) is 15.8. The number of rotatable bonds is 6. The van der Waals surface area contributed by atoms with E-state index in [4.69, 9.17) is 0 Å². The Balaban J connectivity index is 1.65. The van der Waals surface area contributed by atoms with Crippen molar-refractivity contribution in [3.8, 4) is 0 Å². The van der Waals surface area contributed by atoms with Crippen molar-refractivity contribution in [1.29, 1.82) is 0 Å². The molecule has 124 valence electrons. The maximum atomic E-state index is 4.32. The second-order valence-electron chi connectivity index (χ2n) is 6.34. The van der Waals surface area contributed by atoms with Crippen LogP contribution in [0, 0.1) is 5.92 Å². The SMILES string of the molecule is CN=C(NCCN1CCCC(C)C1)NCC(C)c1cccs1. The first-order valence-electron chi connectivity index (χ1n) is 8.39. The van der Waals surface area contributed by atoms with Crippen LogP contribution in [0.2, 0.25) is 0 Å². The molecule has 22 heavy (non-hydrogen) atoms. The van der Waals surface area contributed by atoms with Gasteiger partial charge in [-0.3, -0.25) is 4.99 Å². The molecule has 1 aliphatic heterocycles. The van der Waals surface area contributed by atoms with E-state index in [0.717, 1.165) is 31.5 Å². The fraction of sp³-hybridized carbons (Fsp3) is 0.706. The molecule has 0 bridgehead atoms.